The van der Waals surface area contributed by atoms with Crippen LogP contribution in [0.25, 0.3) is 0 Å². The minimum absolute atomic E-state index is 0.128. The maximum absolute atomic E-state index is 12.3. The summed E-state index contributed by atoms with van der Waals surface area (Å²) in [5.74, 6) is -0.200. The zero-order chi connectivity index (χ0) is 14.6. The first-order valence-electron chi connectivity index (χ1n) is 6.12. The van der Waals surface area contributed by atoms with Gasteiger partial charge in [0.2, 0.25) is 0 Å². The van der Waals surface area contributed by atoms with E-state index in [0.717, 1.165) is 10.4 Å². The number of nitrogens with one attached hydrogen (secondary N) is 1. The van der Waals surface area contributed by atoms with Crippen molar-refractivity contribution < 1.29 is 17.9 Å². The lowest BCUT2D eigenvalue weighted by atomic mass is 10.1. The lowest BCUT2D eigenvalue weighted by Crippen LogP contribution is -2.21. The third-order valence-corrected chi connectivity index (χ3v) is 3.60. The lowest BCUT2D eigenvalue weighted by Gasteiger charge is -2.18. The van der Waals surface area contributed by atoms with Gasteiger partial charge >= 0.3 is 6.36 Å². The van der Waals surface area contributed by atoms with Crippen LogP contribution in [0, 0.1) is 0 Å². The van der Waals surface area contributed by atoms with E-state index in [1.54, 1.807) is 23.5 Å². The minimum atomic E-state index is -4.67. The molecule has 0 aliphatic rings. The highest BCUT2D eigenvalue weighted by atomic mass is 32.1. The van der Waals surface area contributed by atoms with E-state index in [1.807, 2.05) is 24.4 Å². The molecule has 2 rings (SSSR count). The maximum Gasteiger partial charge on any atom is 0.573 e. The van der Waals surface area contributed by atoms with E-state index in [0.29, 0.717) is 6.54 Å². The smallest absolute Gasteiger partial charge is 0.406 e. The van der Waals surface area contributed by atoms with Crippen LogP contribution in [0.15, 0.2) is 41.8 Å². The maximum atomic E-state index is 12.3. The molecule has 2 aromatic rings. The fourth-order valence-electron chi connectivity index (χ4n) is 1.93. The molecule has 1 aromatic carbocycles. The molecule has 0 aliphatic heterocycles. The van der Waals surface area contributed by atoms with Gasteiger partial charge in [-0.2, -0.15) is 0 Å². The Hall–Kier alpha value is -1.53. The van der Waals surface area contributed by atoms with Crippen LogP contribution in [0.1, 0.15) is 23.4 Å². The Balaban J connectivity index is 2.27. The summed E-state index contributed by atoms with van der Waals surface area (Å²) in [6.45, 7) is 2.67. The van der Waals surface area contributed by atoms with Gasteiger partial charge in [0, 0.05) is 4.88 Å². The van der Waals surface area contributed by atoms with Gasteiger partial charge in [-0.05, 0) is 35.7 Å². The molecule has 1 aromatic heterocycles. The summed E-state index contributed by atoms with van der Waals surface area (Å²) >= 11 is 1.56. The molecule has 108 valence electrons. The van der Waals surface area contributed by atoms with E-state index in [1.165, 1.54) is 12.1 Å². The third kappa shape index (κ3) is 3.98. The van der Waals surface area contributed by atoms with Crippen molar-refractivity contribution in [1.82, 2.24) is 5.32 Å². The molecule has 0 amide bonds. The zero-order valence-corrected chi connectivity index (χ0v) is 11.6. The summed E-state index contributed by atoms with van der Waals surface area (Å²) < 4.78 is 40.7. The van der Waals surface area contributed by atoms with Crippen molar-refractivity contribution in [3.8, 4) is 5.75 Å². The van der Waals surface area contributed by atoms with Gasteiger partial charge in [0.05, 0.1) is 6.04 Å². The number of alkyl halides is 3. The van der Waals surface area contributed by atoms with E-state index in [4.69, 9.17) is 0 Å². The van der Waals surface area contributed by atoms with Crippen LogP contribution in [0.3, 0.4) is 0 Å². The summed E-state index contributed by atoms with van der Waals surface area (Å²) in [5.41, 5.74) is 0.746. The summed E-state index contributed by atoms with van der Waals surface area (Å²) in [7, 11) is 0. The predicted octanol–water partition coefficient (Wildman–Crippen LogP) is 4.35. The highest BCUT2D eigenvalue weighted by Gasteiger charge is 2.31. The number of halogens is 3. The molecule has 2 nitrogen and oxygen atoms in total. The largest absolute Gasteiger partial charge is 0.573 e. The molecule has 6 heteroatoms. The van der Waals surface area contributed by atoms with Crippen molar-refractivity contribution in [1.29, 1.82) is 0 Å². The Bertz CT molecular complexity index is 540. The quantitative estimate of drug-likeness (QED) is 0.886. The van der Waals surface area contributed by atoms with Crippen LogP contribution in [0.4, 0.5) is 13.2 Å². The predicted molar refractivity (Wildman–Crippen MR) is 73.0 cm³/mol. The Morgan fingerprint density at radius 1 is 1.25 bits per heavy atom. The van der Waals surface area contributed by atoms with Crippen molar-refractivity contribution in [2.75, 3.05) is 6.54 Å². The van der Waals surface area contributed by atoms with E-state index in [9.17, 15) is 13.2 Å². The Labute approximate surface area is 119 Å². The molecule has 0 fully saturated rings. The minimum Gasteiger partial charge on any atom is -0.406 e. The van der Waals surface area contributed by atoms with E-state index >= 15 is 0 Å². The van der Waals surface area contributed by atoms with Crippen molar-refractivity contribution in [2.45, 2.75) is 19.3 Å². The Kier molecular flexibility index (Phi) is 4.67. The van der Waals surface area contributed by atoms with Crippen molar-refractivity contribution >= 4 is 11.3 Å². The first-order valence-corrected chi connectivity index (χ1v) is 7.00. The molecule has 0 bridgehead atoms. The first-order chi connectivity index (χ1) is 9.49. The summed E-state index contributed by atoms with van der Waals surface area (Å²) in [5, 5.41) is 5.21. The molecule has 0 aliphatic carbocycles. The lowest BCUT2D eigenvalue weighted by molar-refractivity contribution is -0.274. The SMILES string of the molecule is CCNC(c1cccc(OC(F)(F)F)c1)c1cccs1. The number of hydrogen-bond acceptors (Lipinski definition) is 3. The highest BCUT2D eigenvalue weighted by Crippen LogP contribution is 2.30. The number of rotatable bonds is 5. The van der Waals surface area contributed by atoms with Crippen molar-refractivity contribution in [2.24, 2.45) is 0 Å². The van der Waals surface area contributed by atoms with Gasteiger partial charge < -0.3 is 10.1 Å². The van der Waals surface area contributed by atoms with Crippen LogP contribution in [-0.4, -0.2) is 12.9 Å². The number of ether oxygens (including phenoxy) is 1. The number of benzene rings is 1. The van der Waals surface area contributed by atoms with Gasteiger partial charge in [-0.15, -0.1) is 24.5 Å². The first kappa shape index (κ1) is 14.9. The molecule has 1 unspecified atom stereocenters. The molecule has 0 saturated carbocycles. The van der Waals surface area contributed by atoms with Crippen LogP contribution in [-0.2, 0) is 0 Å². The van der Waals surface area contributed by atoms with Crippen molar-refractivity contribution in [3.05, 3.63) is 52.2 Å². The number of thiophene rings is 1. The van der Waals surface area contributed by atoms with Crippen LogP contribution in [0.5, 0.6) is 5.75 Å². The van der Waals surface area contributed by atoms with Crippen LogP contribution < -0.4 is 10.1 Å². The van der Waals surface area contributed by atoms with Crippen molar-refractivity contribution in [3.63, 3.8) is 0 Å². The van der Waals surface area contributed by atoms with Gasteiger partial charge in [0.15, 0.2) is 0 Å². The molecule has 0 saturated heterocycles. The van der Waals surface area contributed by atoms with Gasteiger partial charge in [-0.3, -0.25) is 0 Å². The summed E-state index contributed by atoms with van der Waals surface area (Å²) in [6, 6.07) is 9.81. The number of hydrogen-bond donors (Lipinski definition) is 1. The second kappa shape index (κ2) is 6.28. The van der Waals surface area contributed by atoms with Crippen LogP contribution >= 0.6 is 11.3 Å². The average Bonchev–Trinajstić information content (AvgIpc) is 2.87. The average molecular weight is 301 g/mol. The zero-order valence-electron chi connectivity index (χ0n) is 10.8. The Morgan fingerprint density at radius 3 is 2.65 bits per heavy atom. The normalized spacial score (nSPS) is 13.2. The summed E-state index contributed by atoms with van der Waals surface area (Å²) in [6.07, 6.45) is -4.67. The monoisotopic (exact) mass is 301 g/mol. The van der Waals surface area contributed by atoms with Gasteiger partial charge in [0.25, 0.3) is 0 Å². The highest BCUT2D eigenvalue weighted by molar-refractivity contribution is 7.10. The topological polar surface area (TPSA) is 21.3 Å². The fourth-order valence-corrected chi connectivity index (χ4v) is 2.76. The second-order valence-electron chi connectivity index (χ2n) is 4.13. The molecular formula is C14H14F3NOS. The van der Waals surface area contributed by atoms with Gasteiger partial charge in [-0.1, -0.05) is 25.1 Å². The standard InChI is InChI=1S/C14H14F3NOS/c1-2-18-13(12-7-4-8-20-12)10-5-3-6-11(9-10)19-14(15,16)17/h3-9,13,18H,2H2,1H3. The fraction of sp³-hybridized carbons (Fsp3) is 0.286. The second-order valence-corrected chi connectivity index (χ2v) is 5.11. The summed E-state index contributed by atoms with van der Waals surface area (Å²) in [4.78, 5) is 1.05. The van der Waals surface area contributed by atoms with Crippen LogP contribution in [0.2, 0.25) is 0 Å². The molecule has 1 atom stereocenters. The van der Waals surface area contributed by atoms with Gasteiger partial charge in [-0.25, -0.2) is 0 Å². The molecule has 0 spiro atoms. The molecular weight excluding hydrogens is 287 g/mol. The van der Waals surface area contributed by atoms with Gasteiger partial charge in [0.1, 0.15) is 5.75 Å². The van der Waals surface area contributed by atoms with E-state index in [-0.39, 0.29) is 11.8 Å². The molecule has 0 radical (unpaired) electrons. The van der Waals surface area contributed by atoms with E-state index in [2.05, 4.69) is 10.1 Å². The van der Waals surface area contributed by atoms with E-state index < -0.39 is 6.36 Å². The molecule has 1 heterocycles. The Morgan fingerprint density at radius 2 is 2.05 bits per heavy atom. The molecule has 1 N–H and O–H groups in total. The molecule has 20 heavy (non-hydrogen) atoms. The third-order valence-electron chi connectivity index (χ3n) is 2.66.